The Kier molecular flexibility index (Phi) is 5.95. The number of likely N-dealkylation sites (tertiary alicyclic amines) is 1. The molecule has 1 aliphatic heterocycles. The summed E-state index contributed by atoms with van der Waals surface area (Å²) < 4.78 is 5.53. The van der Waals surface area contributed by atoms with Crippen LogP contribution in [0.1, 0.15) is 23.9 Å². The molecule has 2 aromatic carbocycles. The first-order valence-corrected chi connectivity index (χ1v) is 10.7. The highest BCUT2D eigenvalue weighted by Crippen LogP contribution is 2.34. The molecule has 33 heavy (non-hydrogen) atoms. The molecule has 0 spiro atoms. The average molecular weight is 445 g/mol. The van der Waals surface area contributed by atoms with E-state index in [0.717, 1.165) is 16.8 Å². The van der Waals surface area contributed by atoms with Gasteiger partial charge in [-0.05, 0) is 24.1 Å². The lowest BCUT2D eigenvalue weighted by Gasteiger charge is -2.21. The number of rotatable bonds is 6. The van der Waals surface area contributed by atoms with Gasteiger partial charge in [-0.3, -0.25) is 9.88 Å². The van der Waals surface area contributed by atoms with Crippen molar-refractivity contribution in [1.82, 2.24) is 20.0 Å². The van der Waals surface area contributed by atoms with Gasteiger partial charge in [-0.15, -0.1) is 0 Å². The zero-order chi connectivity index (χ0) is 22.8. The van der Waals surface area contributed by atoms with E-state index in [4.69, 9.17) is 4.52 Å². The number of β-amino-alcohol motifs (C(OH)–C–C–N with tert-alkyl or cyclic N) is 1. The third kappa shape index (κ3) is 4.68. The van der Waals surface area contributed by atoms with Gasteiger partial charge in [-0.25, -0.2) is 5.21 Å². The van der Waals surface area contributed by atoms with Gasteiger partial charge < -0.3 is 14.8 Å². The third-order valence-electron chi connectivity index (χ3n) is 5.78. The summed E-state index contributed by atoms with van der Waals surface area (Å²) in [5, 5.41) is 33.8. The van der Waals surface area contributed by atoms with Crippen LogP contribution in [0, 0.1) is 5.21 Å². The molecule has 1 aliphatic rings. The van der Waals surface area contributed by atoms with Gasteiger partial charge in [0.1, 0.15) is 0 Å². The molecule has 0 saturated carbocycles. The van der Waals surface area contributed by atoms with Crippen molar-refractivity contribution in [3.05, 3.63) is 89.6 Å². The minimum Gasteiger partial charge on any atom is -0.595 e. The quantitative estimate of drug-likeness (QED) is 0.387. The third-order valence-corrected chi connectivity index (χ3v) is 5.78. The second-order valence-electron chi connectivity index (χ2n) is 8.09. The topological polar surface area (TPSA) is 123 Å². The minimum absolute atomic E-state index is 0.158. The number of quaternary nitrogens is 1. The molecular weight excluding hydrogens is 422 g/mol. The monoisotopic (exact) mass is 445 g/mol. The molecule has 3 heterocycles. The molecule has 2 aromatic heterocycles. The van der Waals surface area contributed by atoms with Crippen LogP contribution < -0.4 is 5.23 Å². The second kappa shape index (κ2) is 9.18. The molecule has 1 fully saturated rings. The van der Waals surface area contributed by atoms with Crippen molar-refractivity contribution >= 4 is 5.69 Å². The highest BCUT2D eigenvalue weighted by atomic mass is 16.8. The molecule has 168 valence electrons. The Balaban J connectivity index is 1.33. The normalized spacial score (nSPS) is 19.6. The molecule has 0 aliphatic carbocycles. The van der Waals surface area contributed by atoms with E-state index >= 15 is 0 Å². The lowest BCUT2D eigenvalue weighted by Crippen LogP contribution is -2.99. The van der Waals surface area contributed by atoms with Gasteiger partial charge in [0.2, 0.25) is 11.7 Å². The van der Waals surface area contributed by atoms with E-state index < -0.39 is 11.3 Å². The molecule has 4 aromatic rings. The smallest absolute Gasteiger partial charge is 0.244 e. The standard InChI is InChI=1S/C24H23N5O4/c30-20-13-22(24-26-23(27-33-24)18-4-3-5-19(12-18)29(31)32)28(15-20)14-16-7-9-17(10-8-16)21-6-1-2-11-25-21/h1-12,20,22,29-31H,13-15H2/t20-,22+/m1/s1. The van der Waals surface area contributed by atoms with Gasteiger partial charge in [-0.2, -0.15) is 10.2 Å². The summed E-state index contributed by atoms with van der Waals surface area (Å²) in [5.41, 5.74) is 3.79. The number of hydrogen-bond donors (Lipinski definition) is 3. The van der Waals surface area contributed by atoms with Crippen LogP contribution in [0.15, 0.2) is 77.4 Å². The zero-order valence-electron chi connectivity index (χ0n) is 17.7. The Morgan fingerprint density at radius 2 is 1.91 bits per heavy atom. The van der Waals surface area contributed by atoms with Crippen LogP contribution in [0.5, 0.6) is 0 Å². The van der Waals surface area contributed by atoms with Crippen LogP contribution >= 0.6 is 0 Å². The van der Waals surface area contributed by atoms with Crippen LogP contribution in [0.25, 0.3) is 22.6 Å². The predicted molar refractivity (Wildman–Crippen MR) is 119 cm³/mol. The van der Waals surface area contributed by atoms with E-state index in [1.165, 1.54) is 12.1 Å². The molecule has 0 amide bonds. The average Bonchev–Trinajstić information content (AvgIpc) is 3.47. The molecule has 5 rings (SSSR count). The Morgan fingerprint density at radius 1 is 1.06 bits per heavy atom. The molecule has 1 saturated heterocycles. The van der Waals surface area contributed by atoms with Crippen molar-refractivity contribution < 1.29 is 20.1 Å². The Labute approximate surface area is 190 Å². The van der Waals surface area contributed by atoms with Gasteiger partial charge in [0.15, 0.2) is 5.69 Å². The number of hydrogen-bond acceptors (Lipinski definition) is 8. The molecule has 9 heteroatoms. The summed E-state index contributed by atoms with van der Waals surface area (Å²) in [6.45, 7) is 1.12. The molecular formula is C24H23N5O4. The largest absolute Gasteiger partial charge is 0.595 e. The molecule has 3 N–H and O–H groups in total. The zero-order valence-corrected chi connectivity index (χ0v) is 17.7. The van der Waals surface area contributed by atoms with Crippen LogP contribution in [-0.2, 0) is 6.54 Å². The van der Waals surface area contributed by atoms with Crippen molar-refractivity contribution in [3.63, 3.8) is 0 Å². The first-order chi connectivity index (χ1) is 16.1. The van der Waals surface area contributed by atoms with Crippen LogP contribution in [-0.4, -0.2) is 43.0 Å². The summed E-state index contributed by atoms with van der Waals surface area (Å²) in [6.07, 6.45) is 1.77. The maximum Gasteiger partial charge on any atom is 0.244 e. The maximum absolute atomic E-state index is 11.3. The first kappa shape index (κ1) is 21.4. The van der Waals surface area contributed by atoms with E-state index in [0.29, 0.717) is 36.8 Å². The number of pyridine rings is 1. The summed E-state index contributed by atoms with van der Waals surface area (Å²) in [7, 11) is 0. The van der Waals surface area contributed by atoms with Crippen molar-refractivity contribution in [3.8, 4) is 22.6 Å². The van der Waals surface area contributed by atoms with Crippen molar-refractivity contribution in [2.75, 3.05) is 6.54 Å². The molecule has 3 atom stereocenters. The highest BCUT2D eigenvalue weighted by Gasteiger charge is 2.36. The molecule has 0 radical (unpaired) electrons. The fourth-order valence-electron chi connectivity index (χ4n) is 4.14. The van der Waals surface area contributed by atoms with Gasteiger partial charge in [0.25, 0.3) is 0 Å². The maximum atomic E-state index is 11.3. The van der Waals surface area contributed by atoms with Crippen LogP contribution in [0.4, 0.5) is 5.69 Å². The SMILES string of the molecule is [O-][NH+](O)c1cccc(-c2noc([C@@H]3C[C@@H](O)CN3Cc3ccc(-c4ccccn4)cc3)n2)c1. The number of nitrogens with zero attached hydrogens (tertiary/aromatic N) is 4. The molecule has 9 nitrogen and oxygen atoms in total. The summed E-state index contributed by atoms with van der Waals surface area (Å²) in [6, 6.07) is 20.2. The summed E-state index contributed by atoms with van der Waals surface area (Å²) in [5.74, 6) is 0.738. The Bertz CT molecular complexity index is 1210. The fourth-order valence-corrected chi connectivity index (χ4v) is 4.14. The van der Waals surface area contributed by atoms with Crippen molar-refractivity contribution in [1.29, 1.82) is 0 Å². The Hall–Kier alpha value is -3.47. The van der Waals surface area contributed by atoms with Crippen molar-refractivity contribution in [2.45, 2.75) is 25.1 Å². The first-order valence-electron chi connectivity index (χ1n) is 10.7. The van der Waals surface area contributed by atoms with Crippen molar-refractivity contribution in [2.24, 2.45) is 0 Å². The number of nitrogens with one attached hydrogen (secondary N) is 1. The van der Waals surface area contributed by atoms with E-state index in [9.17, 15) is 15.5 Å². The molecule has 0 bridgehead atoms. The Morgan fingerprint density at radius 3 is 2.67 bits per heavy atom. The fraction of sp³-hybridized carbons (Fsp3) is 0.208. The van der Waals surface area contributed by atoms with E-state index in [1.54, 1.807) is 18.3 Å². The van der Waals surface area contributed by atoms with E-state index in [1.807, 2.05) is 30.3 Å². The highest BCUT2D eigenvalue weighted by molar-refractivity contribution is 5.59. The van der Waals surface area contributed by atoms with Gasteiger partial charge in [0, 0.05) is 42.5 Å². The lowest BCUT2D eigenvalue weighted by atomic mass is 10.1. The number of aliphatic hydroxyl groups excluding tert-OH is 1. The lowest BCUT2D eigenvalue weighted by molar-refractivity contribution is -0.991. The van der Waals surface area contributed by atoms with Gasteiger partial charge in [-0.1, -0.05) is 47.6 Å². The van der Waals surface area contributed by atoms with E-state index in [-0.39, 0.29) is 11.7 Å². The predicted octanol–water partition coefficient (Wildman–Crippen LogP) is 2.51. The number of aliphatic hydroxyl groups is 1. The number of aromatic nitrogens is 3. The molecule has 1 unspecified atom stereocenters. The number of benzene rings is 2. The van der Waals surface area contributed by atoms with Gasteiger partial charge >= 0.3 is 0 Å². The summed E-state index contributed by atoms with van der Waals surface area (Å²) in [4.78, 5) is 11.0. The minimum atomic E-state index is -1.01. The van der Waals surface area contributed by atoms with Crippen LogP contribution in [0.3, 0.4) is 0 Å². The van der Waals surface area contributed by atoms with E-state index in [2.05, 4.69) is 32.2 Å². The summed E-state index contributed by atoms with van der Waals surface area (Å²) >= 11 is 0. The van der Waals surface area contributed by atoms with Crippen LogP contribution in [0.2, 0.25) is 0 Å². The second-order valence-corrected chi connectivity index (χ2v) is 8.09. The van der Waals surface area contributed by atoms with Gasteiger partial charge in [0.05, 0.1) is 17.8 Å².